The van der Waals surface area contributed by atoms with Gasteiger partial charge in [-0.05, 0) is 35.7 Å². The zero-order valence-corrected chi connectivity index (χ0v) is 13.0. The first-order valence-electron chi connectivity index (χ1n) is 6.24. The van der Waals surface area contributed by atoms with E-state index in [4.69, 9.17) is 0 Å². The minimum atomic E-state index is 0.982. The van der Waals surface area contributed by atoms with Gasteiger partial charge in [-0.3, -0.25) is 0 Å². The van der Waals surface area contributed by atoms with E-state index in [1.165, 1.54) is 22.3 Å². The van der Waals surface area contributed by atoms with Crippen molar-refractivity contribution in [2.75, 3.05) is 7.05 Å². The molecule has 0 atom stereocenters. The van der Waals surface area contributed by atoms with Crippen molar-refractivity contribution in [3.05, 3.63) is 59.7 Å². The molecule has 0 fully saturated rings. The van der Waals surface area contributed by atoms with Crippen molar-refractivity contribution in [1.82, 2.24) is 3.11 Å². The van der Waals surface area contributed by atoms with Gasteiger partial charge in [0.25, 0.3) is 0 Å². The molecule has 18 heavy (non-hydrogen) atoms. The Labute approximate surface area is 123 Å². The molecule has 1 nitrogen and oxygen atoms in total. The van der Waals surface area contributed by atoms with Crippen molar-refractivity contribution >= 4 is 22.9 Å². The Bertz CT molecular complexity index is 486. The quantitative estimate of drug-likeness (QED) is 0.570. The predicted molar refractivity (Wildman–Crippen MR) is 86.7 cm³/mol. The fourth-order valence-electron chi connectivity index (χ4n) is 1.99. The van der Waals surface area contributed by atoms with Gasteiger partial charge in [0.15, 0.2) is 0 Å². The summed E-state index contributed by atoms with van der Waals surface area (Å²) >= 11 is 2.31. The Balaban J connectivity index is 2.17. The summed E-state index contributed by atoms with van der Waals surface area (Å²) in [6.07, 6.45) is 1.10. The average molecular weight is 351 g/mol. The molecule has 0 unspecified atom stereocenters. The van der Waals surface area contributed by atoms with E-state index in [-0.39, 0.29) is 0 Å². The molecule has 0 spiro atoms. The van der Waals surface area contributed by atoms with Crippen LogP contribution >= 0.6 is 22.9 Å². The van der Waals surface area contributed by atoms with E-state index in [0.29, 0.717) is 0 Å². The van der Waals surface area contributed by atoms with Gasteiger partial charge in [-0.1, -0.05) is 55.5 Å². The second kappa shape index (κ2) is 6.34. The molecule has 2 rings (SSSR count). The number of halogens is 1. The molecule has 2 heteroatoms. The lowest BCUT2D eigenvalue weighted by atomic mass is 10.0. The molecule has 0 aliphatic rings. The van der Waals surface area contributed by atoms with E-state index in [2.05, 4.69) is 88.5 Å². The Morgan fingerprint density at radius 3 is 1.67 bits per heavy atom. The van der Waals surface area contributed by atoms with Crippen LogP contribution < -0.4 is 0 Å². The molecule has 0 radical (unpaired) electrons. The first kappa shape index (κ1) is 13.6. The lowest BCUT2D eigenvalue weighted by molar-refractivity contribution is 0.610. The van der Waals surface area contributed by atoms with Crippen molar-refractivity contribution in [2.45, 2.75) is 19.9 Å². The normalized spacial score (nSPS) is 10.9. The molecular formula is C16H18IN. The van der Waals surface area contributed by atoms with Crippen molar-refractivity contribution < 1.29 is 0 Å². The summed E-state index contributed by atoms with van der Waals surface area (Å²) in [6.45, 7) is 3.17. The largest absolute Gasteiger partial charge is 0.246 e. The topological polar surface area (TPSA) is 3.24 Å². The SMILES string of the molecule is CCc1ccc(-c2ccc(CN(C)I)cc2)cc1. The van der Waals surface area contributed by atoms with Gasteiger partial charge in [0.2, 0.25) is 0 Å². The average Bonchev–Trinajstić information content (AvgIpc) is 2.39. The van der Waals surface area contributed by atoms with E-state index >= 15 is 0 Å². The summed E-state index contributed by atoms with van der Waals surface area (Å²) in [5, 5.41) is 0. The summed E-state index contributed by atoms with van der Waals surface area (Å²) in [6, 6.07) is 17.7. The van der Waals surface area contributed by atoms with Crippen LogP contribution in [-0.4, -0.2) is 10.2 Å². The molecule has 2 aromatic rings. The van der Waals surface area contributed by atoms with Crippen LogP contribution in [0.15, 0.2) is 48.5 Å². The predicted octanol–water partition coefficient (Wildman–Crippen LogP) is 4.70. The van der Waals surface area contributed by atoms with Gasteiger partial charge in [-0.15, -0.1) is 0 Å². The van der Waals surface area contributed by atoms with Crippen molar-refractivity contribution in [3.63, 3.8) is 0 Å². The molecule has 0 heterocycles. The summed E-state index contributed by atoms with van der Waals surface area (Å²) in [7, 11) is 2.08. The highest BCUT2D eigenvalue weighted by Crippen LogP contribution is 2.21. The zero-order valence-electron chi connectivity index (χ0n) is 10.9. The Morgan fingerprint density at radius 1 is 0.833 bits per heavy atom. The maximum absolute atomic E-state index is 2.31. The Morgan fingerprint density at radius 2 is 1.28 bits per heavy atom. The highest BCUT2D eigenvalue weighted by molar-refractivity contribution is 14.1. The third kappa shape index (κ3) is 3.56. The Kier molecular flexibility index (Phi) is 4.78. The van der Waals surface area contributed by atoms with Gasteiger partial charge in [-0.2, -0.15) is 0 Å². The van der Waals surface area contributed by atoms with Gasteiger partial charge in [0.1, 0.15) is 0 Å². The third-order valence-corrected chi connectivity index (χ3v) is 3.39. The molecule has 0 saturated heterocycles. The zero-order chi connectivity index (χ0) is 13.0. The highest BCUT2D eigenvalue weighted by Gasteiger charge is 2.00. The molecular weight excluding hydrogens is 333 g/mol. The molecule has 0 aromatic heterocycles. The van der Waals surface area contributed by atoms with E-state index in [0.717, 1.165) is 13.0 Å². The number of hydrogen-bond donors (Lipinski definition) is 0. The van der Waals surface area contributed by atoms with E-state index < -0.39 is 0 Å². The fraction of sp³-hybridized carbons (Fsp3) is 0.250. The van der Waals surface area contributed by atoms with Crippen molar-refractivity contribution in [3.8, 4) is 11.1 Å². The van der Waals surface area contributed by atoms with Crippen molar-refractivity contribution in [1.29, 1.82) is 0 Å². The lowest BCUT2D eigenvalue weighted by Crippen LogP contribution is -2.02. The van der Waals surface area contributed by atoms with Crippen LogP contribution in [-0.2, 0) is 13.0 Å². The second-order valence-electron chi connectivity index (χ2n) is 4.51. The molecule has 2 aromatic carbocycles. The molecule has 0 aliphatic carbocycles. The summed E-state index contributed by atoms with van der Waals surface area (Å²) < 4.78 is 2.16. The number of hydrogen-bond acceptors (Lipinski definition) is 1. The van der Waals surface area contributed by atoms with Gasteiger partial charge < -0.3 is 0 Å². The fourth-order valence-corrected chi connectivity index (χ4v) is 2.38. The van der Waals surface area contributed by atoms with Crippen LogP contribution in [0, 0.1) is 0 Å². The maximum Gasteiger partial charge on any atom is 0.0329 e. The summed E-state index contributed by atoms with van der Waals surface area (Å²) in [4.78, 5) is 0. The van der Waals surface area contributed by atoms with Gasteiger partial charge >= 0.3 is 0 Å². The van der Waals surface area contributed by atoms with Gasteiger partial charge in [-0.25, -0.2) is 3.11 Å². The van der Waals surface area contributed by atoms with E-state index in [1.807, 2.05) is 0 Å². The minimum absolute atomic E-state index is 0.982. The Hall–Kier alpha value is -0.870. The second-order valence-corrected chi connectivity index (χ2v) is 6.16. The van der Waals surface area contributed by atoms with Gasteiger partial charge in [0, 0.05) is 29.4 Å². The smallest absolute Gasteiger partial charge is 0.0329 e. The highest BCUT2D eigenvalue weighted by atomic mass is 127. The van der Waals surface area contributed by atoms with E-state index in [1.54, 1.807) is 0 Å². The van der Waals surface area contributed by atoms with Crippen LogP contribution in [0.4, 0.5) is 0 Å². The summed E-state index contributed by atoms with van der Waals surface area (Å²) in [5.74, 6) is 0. The van der Waals surface area contributed by atoms with Gasteiger partial charge in [0.05, 0.1) is 0 Å². The monoisotopic (exact) mass is 351 g/mol. The molecule has 0 saturated carbocycles. The lowest BCUT2D eigenvalue weighted by Gasteiger charge is -2.08. The van der Waals surface area contributed by atoms with E-state index in [9.17, 15) is 0 Å². The van der Waals surface area contributed by atoms with Crippen LogP contribution in [0.2, 0.25) is 0 Å². The first-order chi connectivity index (χ1) is 8.69. The van der Waals surface area contributed by atoms with Crippen LogP contribution in [0.25, 0.3) is 11.1 Å². The number of aryl methyl sites for hydroxylation is 1. The minimum Gasteiger partial charge on any atom is -0.246 e. The molecule has 0 amide bonds. The number of benzene rings is 2. The molecule has 0 N–H and O–H groups in total. The maximum atomic E-state index is 2.31. The first-order valence-corrected chi connectivity index (χ1v) is 7.20. The molecule has 94 valence electrons. The van der Waals surface area contributed by atoms with Crippen LogP contribution in [0.1, 0.15) is 18.1 Å². The summed E-state index contributed by atoms with van der Waals surface area (Å²) in [5.41, 5.74) is 5.32. The van der Waals surface area contributed by atoms with Crippen LogP contribution in [0.3, 0.4) is 0 Å². The standard InChI is InChI=1S/C16H18IN/c1-3-13-4-8-15(9-5-13)16-10-6-14(7-11-16)12-18(2)17/h4-11H,3,12H2,1-2H3. The molecule has 0 bridgehead atoms. The number of rotatable bonds is 4. The van der Waals surface area contributed by atoms with Crippen molar-refractivity contribution in [2.24, 2.45) is 0 Å². The van der Waals surface area contributed by atoms with Crippen LogP contribution in [0.5, 0.6) is 0 Å². The molecule has 0 aliphatic heterocycles. The third-order valence-electron chi connectivity index (χ3n) is 3.05. The number of nitrogens with zero attached hydrogens (tertiary/aromatic N) is 1.